The van der Waals surface area contributed by atoms with E-state index in [1.54, 1.807) is 4.90 Å². The zero-order chi connectivity index (χ0) is 24.0. The van der Waals surface area contributed by atoms with E-state index in [-0.39, 0.29) is 16.8 Å². The highest BCUT2D eigenvalue weighted by molar-refractivity contribution is 6.74. The molecule has 32 heavy (non-hydrogen) atoms. The topological polar surface area (TPSA) is 49.8 Å². The Morgan fingerprint density at radius 3 is 2.19 bits per heavy atom. The molecule has 1 N–H and O–H groups in total. The Morgan fingerprint density at radius 2 is 1.66 bits per heavy atom. The molecular weight excluding hydrogens is 442 g/mol. The van der Waals surface area contributed by atoms with Crippen molar-refractivity contribution in [1.29, 1.82) is 0 Å². The summed E-state index contributed by atoms with van der Waals surface area (Å²) in [6.45, 7) is 11.6. The molecule has 1 atom stereocenters. The van der Waals surface area contributed by atoms with Crippen LogP contribution in [0.4, 0.5) is 23.2 Å². The van der Waals surface area contributed by atoms with Crippen LogP contribution in [0.3, 0.4) is 0 Å². The van der Waals surface area contributed by atoms with Crippen LogP contribution in [0.25, 0.3) is 11.1 Å². The van der Waals surface area contributed by atoms with Gasteiger partial charge >= 0.3 is 5.97 Å². The first-order chi connectivity index (χ1) is 14.7. The molecule has 1 saturated heterocycles. The summed E-state index contributed by atoms with van der Waals surface area (Å²) in [5, 5.41) is 9.07. The number of carboxylic acid groups (broad SMARTS) is 1. The molecular formula is C23H27F4NO3Si. The third kappa shape index (κ3) is 4.54. The fourth-order valence-corrected chi connectivity index (χ4v) is 4.96. The molecule has 3 rings (SSSR count). The Labute approximate surface area is 185 Å². The van der Waals surface area contributed by atoms with E-state index < -0.39 is 54.2 Å². The first kappa shape index (κ1) is 24.3. The first-order valence-corrected chi connectivity index (χ1v) is 13.3. The number of hydrogen-bond acceptors (Lipinski definition) is 3. The summed E-state index contributed by atoms with van der Waals surface area (Å²) in [4.78, 5) is 12.9. The second-order valence-corrected chi connectivity index (χ2v) is 14.4. The molecule has 0 bridgehead atoms. The molecule has 4 nitrogen and oxygen atoms in total. The molecule has 0 aliphatic carbocycles. The number of rotatable bonds is 5. The molecule has 1 unspecified atom stereocenters. The van der Waals surface area contributed by atoms with Gasteiger partial charge in [-0.3, -0.25) is 0 Å². The van der Waals surface area contributed by atoms with Gasteiger partial charge in [0.25, 0.3) is 0 Å². The molecule has 0 spiro atoms. The van der Waals surface area contributed by atoms with Gasteiger partial charge in [0, 0.05) is 18.8 Å². The van der Waals surface area contributed by atoms with E-state index in [4.69, 9.17) is 9.53 Å². The van der Waals surface area contributed by atoms with Crippen LogP contribution in [-0.4, -0.2) is 38.6 Å². The van der Waals surface area contributed by atoms with E-state index in [1.165, 1.54) is 0 Å². The molecule has 2 aromatic rings. The zero-order valence-corrected chi connectivity index (χ0v) is 19.7. The van der Waals surface area contributed by atoms with Gasteiger partial charge in [0.1, 0.15) is 23.3 Å². The van der Waals surface area contributed by atoms with Crippen LogP contribution in [0.1, 0.15) is 37.6 Å². The minimum atomic E-state index is -2.01. The molecule has 9 heteroatoms. The lowest BCUT2D eigenvalue weighted by atomic mass is 9.99. The number of hydrogen-bond donors (Lipinski definition) is 1. The summed E-state index contributed by atoms with van der Waals surface area (Å²) in [5.74, 6) is -6.77. The first-order valence-electron chi connectivity index (χ1n) is 10.4. The van der Waals surface area contributed by atoms with Crippen LogP contribution < -0.4 is 4.90 Å². The van der Waals surface area contributed by atoms with Gasteiger partial charge in [0.05, 0.1) is 22.8 Å². The lowest BCUT2D eigenvalue weighted by molar-refractivity contribution is 0.0692. The van der Waals surface area contributed by atoms with Gasteiger partial charge in [-0.1, -0.05) is 20.8 Å². The maximum Gasteiger partial charge on any atom is 0.338 e. The van der Waals surface area contributed by atoms with Crippen molar-refractivity contribution in [3.8, 4) is 11.1 Å². The van der Waals surface area contributed by atoms with Crippen LogP contribution in [-0.2, 0) is 4.43 Å². The summed E-state index contributed by atoms with van der Waals surface area (Å²) in [5.41, 5.74) is -2.60. The van der Waals surface area contributed by atoms with Crippen LogP contribution >= 0.6 is 0 Å². The van der Waals surface area contributed by atoms with Gasteiger partial charge in [-0.25, -0.2) is 22.4 Å². The van der Waals surface area contributed by atoms with Gasteiger partial charge in [-0.2, -0.15) is 0 Å². The van der Waals surface area contributed by atoms with Gasteiger partial charge in [-0.05, 0) is 48.8 Å². The highest BCUT2D eigenvalue weighted by Gasteiger charge is 2.40. The minimum absolute atomic E-state index is 0.0267. The second-order valence-electron chi connectivity index (χ2n) is 9.61. The van der Waals surface area contributed by atoms with E-state index in [0.29, 0.717) is 31.6 Å². The third-order valence-electron chi connectivity index (χ3n) is 6.38. The number of aromatic carboxylic acids is 1. The van der Waals surface area contributed by atoms with Crippen molar-refractivity contribution < 1.29 is 31.9 Å². The number of carboxylic acids is 1. The van der Waals surface area contributed by atoms with Crippen molar-refractivity contribution >= 4 is 20.0 Å². The Hall–Kier alpha value is -2.39. The summed E-state index contributed by atoms with van der Waals surface area (Å²) >= 11 is 0. The average Bonchev–Trinajstić information content (AvgIpc) is 3.10. The number of halogens is 4. The van der Waals surface area contributed by atoms with Gasteiger partial charge in [0.2, 0.25) is 0 Å². The highest BCUT2D eigenvalue weighted by atomic mass is 28.4. The quantitative estimate of drug-likeness (QED) is 0.418. The number of benzene rings is 2. The standard InChI is InChI=1S/C23H27F4NO3Si/c1-23(2,3)32(4,5)31-14-8-9-28(12-14)13-10-17(25)19(18(26)11-13)20-16(24)7-6-15(21(20)27)22(29)30/h6-7,10-11,14H,8-9,12H2,1-5H3,(H,29,30). The van der Waals surface area contributed by atoms with Gasteiger partial charge in [-0.15, -0.1) is 0 Å². The molecule has 1 fully saturated rings. The van der Waals surface area contributed by atoms with Crippen LogP contribution in [0.2, 0.25) is 18.1 Å². The average molecular weight is 470 g/mol. The van der Waals surface area contributed by atoms with Crippen LogP contribution in [0, 0.1) is 23.3 Å². The molecule has 1 heterocycles. The largest absolute Gasteiger partial charge is 0.478 e. The number of nitrogens with zero attached hydrogens (tertiary/aromatic N) is 1. The summed E-state index contributed by atoms with van der Waals surface area (Å²) in [7, 11) is -2.01. The van der Waals surface area contributed by atoms with Crippen molar-refractivity contribution in [1.82, 2.24) is 0 Å². The molecule has 2 aromatic carbocycles. The van der Waals surface area contributed by atoms with Crippen molar-refractivity contribution in [2.75, 3.05) is 18.0 Å². The van der Waals surface area contributed by atoms with E-state index in [9.17, 15) is 22.4 Å². The fraction of sp³-hybridized carbons (Fsp3) is 0.435. The minimum Gasteiger partial charge on any atom is -0.478 e. The van der Waals surface area contributed by atoms with Crippen molar-refractivity contribution in [2.45, 2.75) is 51.4 Å². The molecule has 1 aliphatic rings. The molecule has 174 valence electrons. The number of carbonyl (C=O) groups is 1. The Balaban J connectivity index is 1.90. The van der Waals surface area contributed by atoms with E-state index in [2.05, 4.69) is 33.9 Å². The predicted octanol–water partition coefficient (Wildman–Crippen LogP) is 6.21. The predicted molar refractivity (Wildman–Crippen MR) is 118 cm³/mol. The van der Waals surface area contributed by atoms with Crippen molar-refractivity contribution in [3.63, 3.8) is 0 Å². The summed E-state index contributed by atoms with van der Waals surface area (Å²) in [6, 6.07) is 3.42. The second kappa shape index (κ2) is 8.51. The maximum absolute atomic E-state index is 14.9. The normalized spacial score (nSPS) is 17.2. The third-order valence-corrected chi connectivity index (χ3v) is 10.9. The molecule has 0 saturated carbocycles. The van der Waals surface area contributed by atoms with E-state index in [0.717, 1.165) is 12.1 Å². The van der Waals surface area contributed by atoms with Crippen LogP contribution in [0.5, 0.6) is 0 Å². The molecule has 0 radical (unpaired) electrons. The summed E-state index contributed by atoms with van der Waals surface area (Å²) < 4.78 is 65.0. The zero-order valence-electron chi connectivity index (χ0n) is 18.7. The number of anilines is 1. The van der Waals surface area contributed by atoms with Crippen molar-refractivity contribution in [2.24, 2.45) is 0 Å². The smallest absolute Gasteiger partial charge is 0.338 e. The van der Waals surface area contributed by atoms with Gasteiger partial charge in [0.15, 0.2) is 8.32 Å². The molecule has 0 aromatic heterocycles. The van der Waals surface area contributed by atoms with Crippen LogP contribution in [0.15, 0.2) is 24.3 Å². The highest BCUT2D eigenvalue weighted by Crippen LogP contribution is 2.39. The lowest BCUT2D eigenvalue weighted by Crippen LogP contribution is -2.44. The molecule has 0 amide bonds. The summed E-state index contributed by atoms with van der Waals surface area (Å²) in [6.07, 6.45) is 0.616. The van der Waals surface area contributed by atoms with Crippen molar-refractivity contribution in [3.05, 3.63) is 53.1 Å². The Morgan fingerprint density at radius 1 is 1.06 bits per heavy atom. The van der Waals surface area contributed by atoms with Gasteiger partial charge < -0.3 is 14.4 Å². The Kier molecular flexibility index (Phi) is 6.45. The SMILES string of the molecule is CC(C)(C)[Si](C)(C)OC1CCN(c2cc(F)c(-c3c(F)ccc(C(=O)O)c3F)c(F)c2)C1. The fourth-order valence-electron chi connectivity index (χ4n) is 3.58. The monoisotopic (exact) mass is 469 g/mol. The lowest BCUT2D eigenvalue weighted by Gasteiger charge is -2.38. The maximum atomic E-state index is 14.9. The Bertz CT molecular complexity index is 1030. The molecule has 1 aliphatic heterocycles. The van der Waals surface area contributed by atoms with E-state index in [1.807, 2.05) is 0 Å². The van der Waals surface area contributed by atoms with E-state index >= 15 is 0 Å².